The molecule has 4 rings (SSSR count). The van der Waals surface area contributed by atoms with E-state index in [0.29, 0.717) is 23.7 Å². The second kappa shape index (κ2) is 11.2. The number of hydrogen-bond donors (Lipinski definition) is 2. The maximum atomic E-state index is 13.8. The molecule has 1 aliphatic carbocycles. The summed E-state index contributed by atoms with van der Waals surface area (Å²) in [5, 5.41) is 3.04. The Morgan fingerprint density at radius 1 is 1.03 bits per heavy atom. The Balaban J connectivity index is 1.56. The van der Waals surface area contributed by atoms with Crippen molar-refractivity contribution in [3.63, 3.8) is 0 Å². The summed E-state index contributed by atoms with van der Waals surface area (Å²) in [6.45, 7) is 4.44. The number of carbonyl (C=O) groups is 3. The van der Waals surface area contributed by atoms with E-state index >= 15 is 0 Å². The fourth-order valence-corrected chi connectivity index (χ4v) is 5.79. The number of nitrogens with two attached hydrogens (primary N) is 1. The molecule has 0 spiro atoms. The first-order chi connectivity index (χ1) is 17.3. The van der Waals surface area contributed by atoms with E-state index in [9.17, 15) is 14.4 Å². The SMILES string of the molecule is COC(=O)c1ccc(NC(=O)[C@@H]2[C@H](c3ccccc3)CCN2C(=O)[C@H]2CC[C@H](C(C)N)CC2)c(C)c1. The summed E-state index contributed by atoms with van der Waals surface area (Å²) in [6.07, 6.45) is 4.28. The first-order valence-electron chi connectivity index (χ1n) is 12.9. The molecule has 1 heterocycles. The molecule has 7 nitrogen and oxygen atoms in total. The van der Waals surface area contributed by atoms with Crippen LogP contribution in [0, 0.1) is 18.8 Å². The highest BCUT2D eigenvalue weighted by atomic mass is 16.5. The molecule has 192 valence electrons. The van der Waals surface area contributed by atoms with E-state index < -0.39 is 12.0 Å². The van der Waals surface area contributed by atoms with Gasteiger partial charge in [-0.25, -0.2) is 4.79 Å². The third-order valence-electron chi connectivity index (χ3n) is 7.95. The lowest BCUT2D eigenvalue weighted by Crippen LogP contribution is -2.48. The second-order valence-corrected chi connectivity index (χ2v) is 10.3. The number of carbonyl (C=O) groups excluding carboxylic acids is 3. The Morgan fingerprint density at radius 3 is 2.33 bits per heavy atom. The largest absolute Gasteiger partial charge is 0.465 e. The van der Waals surface area contributed by atoms with Crippen LogP contribution >= 0.6 is 0 Å². The molecule has 1 aliphatic heterocycles. The number of esters is 1. The van der Waals surface area contributed by atoms with Crippen LogP contribution in [0.5, 0.6) is 0 Å². The summed E-state index contributed by atoms with van der Waals surface area (Å²) in [5.41, 5.74) is 8.97. The monoisotopic (exact) mass is 491 g/mol. The molecule has 1 saturated heterocycles. The van der Waals surface area contributed by atoms with E-state index in [-0.39, 0.29) is 29.7 Å². The van der Waals surface area contributed by atoms with Gasteiger partial charge < -0.3 is 20.7 Å². The van der Waals surface area contributed by atoms with E-state index in [1.807, 2.05) is 49.1 Å². The van der Waals surface area contributed by atoms with Crippen molar-refractivity contribution in [2.24, 2.45) is 17.6 Å². The molecule has 0 radical (unpaired) electrons. The van der Waals surface area contributed by atoms with Crippen molar-refractivity contribution in [3.05, 3.63) is 65.2 Å². The second-order valence-electron chi connectivity index (χ2n) is 10.3. The number of nitrogens with zero attached hydrogens (tertiary/aromatic N) is 1. The van der Waals surface area contributed by atoms with Gasteiger partial charge in [-0.3, -0.25) is 9.59 Å². The van der Waals surface area contributed by atoms with E-state index in [1.54, 1.807) is 18.2 Å². The molecule has 1 unspecified atom stereocenters. The number of anilines is 1. The molecule has 2 aliphatic rings. The molecular weight excluding hydrogens is 454 g/mol. The van der Waals surface area contributed by atoms with Gasteiger partial charge in [0.25, 0.3) is 0 Å². The van der Waals surface area contributed by atoms with Gasteiger partial charge in [0.15, 0.2) is 0 Å². The normalized spacial score (nSPS) is 24.7. The number of aryl methyl sites for hydroxylation is 1. The lowest BCUT2D eigenvalue weighted by molar-refractivity contribution is -0.141. The van der Waals surface area contributed by atoms with Gasteiger partial charge >= 0.3 is 5.97 Å². The third kappa shape index (κ3) is 5.46. The van der Waals surface area contributed by atoms with Gasteiger partial charge in [0.2, 0.25) is 11.8 Å². The smallest absolute Gasteiger partial charge is 0.337 e. The molecular formula is C29H37N3O4. The molecule has 36 heavy (non-hydrogen) atoms. The minimum Gasteiger partial charge on any atom is -0.465 e. The Morgan fingerprint density at radius 2 is 1.72 bits per heavy atom. The van der Waals surface area contributed by atoms with Crippen molar-refractivity contribution in [2.45, 2.75) is 64.0 Å². The van der Waals surface area contributed by atoms with Gasteiger partial charge in [-0.2, -0.15) is 0 Å². The fraction of sp³-hybridized carbons (Fsp3) is 0.483. The molecule has 2 amide bonds. The van der Waals surface area contributed by atoms with Gasteiger partial charge in [0, 0.05) is 30.1 Å². The zero-order valence-electron chi connectivity index (χ0n) is 21.4. The Bertz CT molecular complexity index is 1090. The molecule has 7 heteroatoms. The number of rotatable bonds is 6. The summed E-state index contributed by atoms with van der Waals surface area (Å²) in [6, 6.07) is 14.6. The van der Waals surface area contributed by atoms with Crippen LogP contribution in [-0.4, -0.2) is 48.4 Å². The molecule has 3 N–H and O–H groups in total. The van der Waals surface area contributed by atoms with Crippen LogP contribution in [0.15, 0.2) is 48.5 Å². The van der Waals surface area contributed by atoms with Gasteiger partial charge in [-0.1, -0.05) is 30.3 Å². The topological polar surface area (TPSA) is 102 Å². The van der Waals surface area contributed by atoms with Crippen LogP contribution < -0.4 is 11.1 Å². The zero-order valence-corrected chi connectivity index (χ0v) is 21.4. The Labute approximate surface area is 213 Å². The molecule has 3 atom stereocenters. The minimum absolute atomic E-state index is 0.0640. The summed E-state index contributed by atoms with van der Waals surface area (Å²) in [7, 11) is 1.34. The quantitative estimate of drug-likeness (QED) is 0.588. The number of benzene rings is 2. The van der Waals surface area contributed by atoms with Crippen molar-refractivity contribution in [2.75, 3.05) is 19.0 Å². The lowest BCUT2D eigenvalue weighted by atomic mass is 9.78. The van der Waals surface area contributed by atoms with E-state index in [2.05, 4.69) is 5.32 Å². The first-order valence-corrected chi connectivity index (χ1v) is 12.9. The third-order valence-corrected chi connectivity index (χ3v) is 7.95. The molecule has 0 aromatic heterocycles. The van der Waals surface area contributed by atoms with Crippen molar-refractivity contribution < 1.29 is 19.1 Å². The van der Waals surface area contributed by atoms with E-state index in [0.717, 1.165) is 43.2 Å². The highest BCUT2D eigenvalue weighted by Crippen LogP contribution is 2.38. The van der Waals surface area contributed by atoms with Crippen molar-refractivity contribution in [1.82, 2.24) is 4.90 Å². The number of hydrogen-bond acceptors (Lipinski definition) is 5. The van der Waals surface area contributed by atoms with E-state index in [4.69, 9.17) is 10.5 Å². The molecule has 1 saturated carbocycles. The van der Waals surface area contributed by atoms with Crippen LogP contribution in [0.3, 0.4) is 0 Å². The maximum Gasteiger partial charge on any atom is 0.337 e. The predicted octanol–water partition coefficient (Wildman–Crippen LogP) is 4.26. The number of amides is 2. The predicted molar refractivity (Wildman–Crippen MR) is 140 cm³/mol. The lowest BCUT2D eigenvalue weighted by Gasteiger charge is -2.34. The van der Waals surface area contributed by atoms with Gasteiger partial charge in [-0.15, -0.1) is 0 Å². The summed E-state index contributed by atoms with van der Waals surface area (Å²) in [4.78, 5) is 41.1. The fourth-order valence-electron chi connectivity index (χ4n) is 5.79. The van der Waals surface area contributed by atoms with Crippen LogP contribution in [0.2, 0.25) is 0 Å². The number of methoxy groups -OCH3 is 1. The zero-order chi connectivity index (χ0) is 25.8. The van der Waals surface area contributed by atoms with Gasteiger partial charge in [-0.05, 0) is 81.2 Å². The number of nitrogens with one attached hydrogen (secondary N) is 1. The summed E-state index contributed by atoms with van der Waals surface area (Å²) >= 11 is 0. The van der Waals surface area contributed by atoms with Crippen LogP contribution in [0.1, 0.15) is 66.4 Å². The molecule has 2 aromatic rings. The van der Waals surface area contributed by atoms with Crippen molar-refractivity contribution in [3.8, 4) is 0 Å². The first kappa shape index (κ1) is 25.9. The van der Waals surface area contributed by atoms with Crippen molar-refractivity contribution in [1.29, 1.82) is 0 Å². The Hall–Kier alpha value is -3.19. The maximum absolute atomic E-state index is 13.8. The van der Waals surface area contributed by atoms with Gasteiger partial charge in [0.1, 0.15) is 6.04 Å². The number of ether oxygens (including phenoxy) is 1. The van der Waals surface area contributed by atoms with Crippen LogP contribution in [0.25, 0.3) is 0 Å². The average molecular weight is 492 g/mol. The average Bonchev–Trinajstić information content (AvgIpc) is 3.35. The van der Waals surface area contributed by atoms with E-state index in [1.165, 1.54) is 7.11 Å². The van der Waals surface area contributed by atoms with Crippen molar-refractivity contribution >= 4 is 23.5 Å². The highest BCUT2D eigenvalue weighted by Gasteiger charge is 2.44. The number of likely N-dealkylation sites (tertiary alicyclic amines) is 1. The standard InChI is InChI=1S/C29H37N3O4/c1-18-17-23(29(35)36-3)13-14-25(18)31-27(33)26-24(21-7-5-4-6-8-21)15-16-32(26)28(34)22-11-9-20(10-12-22)19(2)30/h4-8,13-14,17,19-20,22,24,26H,9-12,15-16,30H2,1-3H3,(H,31,33)/t19?,20-,22-,24-,26-/m0/s1. The summed E-state index contributed by atoms with van der Waals surface area (Å²) in [5.74, 6) is -0.232. The minimum atomic E-state index is -0.592. The highest BCUT2D eigenvalue weighted by molar-refractivity contribution is 5.99. The summed E-state index contributed by atoms with van der Waals surface area (Å²) < 4.78 is 4.80. The molecule has 2 fully saturated rings. The molecule has 2 aromatic carbocycles. The Kier molecular flexibility index (Phi) is 8.09. The van der Waals surface area contributed by atoms with Crippen LogP contribution in [0.4, 0.5) is 5.69 Å². The van der Waals surface area contributed by atoms with Crippen LogP contribution in [-0.2, 0) is 14.3 Å². The van der Waals surface area contributed by atoms with Gasteiger partial charge in [0.05, 0.1) is 12.7 Å². The molecule has 0 bridgehead atoms.